The van der Waals surface area contributed by atoms with Crippen LogP contribution in [0.1, 0.15) is 33.1 Å². The standard InChI is InChI=1S/C13H26N2S/c1-11-6-7-14-13(2,12-4-5-12)10-15(11)8-9-16-3/h11-12,14H,4-10H2,1-3H3. The third kappa shape index (κ3) is 2.93. The van der Waals surface area contributed by atoms with Crippen molar-refractivity contribution in [2.45, 2.75) is 44.7 Å². The molecule has 2 unspecified atom stereocenters. The fourth-order valence-electron chi connectivity index (χ4n) is 2.88. The summed E-state index contributed by atoms with van der Waals surface area (Å²) in [7, 11) is 0. The summed E-state index contributed by atoms with van der Waals surface area (Å²) < 4.78 is 0. The Kier molecular flexibility index (Phi) is 4.20. The van der Waals surface area contributed by atoms with Gasteiger partial charge < -0.3 is 5.32 Å². The van der Waals surface area contributed by atoms with Crippen molar-refractivity contribution in [1.29, 1.82) is 0 Å². The number of rotatable bonds is 4. The lowest BCUT2D eigenvalue weighted by molar-refractivity contribution is 0.171. The molecule has 1 saturated heterocycles. The van der Waals surface area contributed by atoms with Gasteiger partial charge in [-0.1, -0.05) is 0 Å². The van der Waals surface area contributed by atoms with E-state index in [0.29, 0.717) is 5.54 Å². The molecule has 0 aromatic heterocycles. The number of nitrogens with one attached hydrogen (secondary N) is 1. The molecular formula is C13H26N2S. The van der Waals surface area contributed by atoms with Gasteiger partial charge in [0.05, 0.1) is 0 Å². The van der Waals surface area contributed by atoms with Crippen LogP contribution in [-0.4, -0.2) is 48.1 Å². The summed E-state index contributed by atoms with van der Waals surface area (Å²) in [5, 5.41) is 3.81. The first kappa shape index (κ1) is 12.7. The Hall–Kier alpha value is 0.270. The van der Waals surface area contributed by atoms with Crippen LogP contribution >= 0.6 is 11.8 Å². The van der Waals surface area contributed by atoms with E-state index >= 15 is 0 Å². The molecule has 1 heterocycles. The highest BCUT2D eigenvalue weighted by molar-refractivity contribution is 7.98. The Morgan fingerprint density at radius 2 is 2.12 bits per heavy atom. The minimum absolute atomic E-state index is 0.392. The molecule has 94 valence electrons. The van der Waals surface area contributed by atoms with Gasteiger partial charge in [-0.2, -0.15) is 11.8 Å². The maximum absolute atomic E-state index is 3.81. The topological polar surface area (TPSA) is 15.3 Å². The van der Waals surface area contributed by atoms with Gasteiger partial charge in [-0.25, -0.2) is 0 Å². The van der Waals surface area contributed by atoms with Crippen molar-refractivity contribution in [3.63, 3.8) is 0 Å². The van der Waals surface area contributed by atoms with E-state index in [4.69, 9.17) is 0 Å². The largest absolute Gasteiger partial charge is 0.310 e. The van der Waals surface area contributed by atoms with Gasteiger partial charge in [0.1, 0.15) is 0 Å². The van der Waals surface area contributed by atoms with Crippen LogP contribution in [0.3, 0.4) is 0 Å². The molecule has 0 radical (unpaired) electrons. The van der Waals surface area contributed by atoms with E-state index in [1.54, 1.807) is 0 Å². The summed E-state index contributed by atoms with van der Waals surface area (Å²) >= 11 is 1.97. The smallest absolute Gasteiger partial charge is 0.0308 e. The molecule has 0 aromatic carbocycles. The van der Waals surface area contributed by atoms with Crippen molar-refractivity contribution < 1.29 is 0 Å². The first-order chi connectivity index (χ1) is 7.65. The van der Waals surface area contributed by atoms with Gasteiger partial charge >= 0.3 is 0 Å². The molecule has 0 bridgehead atoms. The van der Waals surface area contributed by atoms with E-state index in [0.717, 1.165) is 12.0 Å². The Labute approximate surface area is 105 Å². The van der Waals surface area contributed by atoms with Crippen LogP contribution in [0, 0.1) is 5.92 Å². The highest BCUT2D eigenvalue weighted by Crippen LogP contribution is 2.40. The zero-order chi connectivity index (χ0) is 11.6. The summed E-state index contributed by atoms with van der Waals surface area (Å²) in [4.78, 5) is 2.70. The van der Waals surface area contributed by atoms with Crippen molar-refractivity contribution >= 4 is 11.8 Å². The minimum atomic E-state index is 0.392. The number of hydrogen-bond acceptors (Lipinski definition) is 3. The average molecular weight is 242 g/mol. The summed E-state index contributed by atoms with van der Waals surface area (Å²) in [5.74, 6) is 2.21. The Morgan fingerprint density at radius 1 is 1.38 bits per heavy atom. The maximum atomic E-state index is 3.81. The Morgan fingerprint density at radius 3 is 2.75 bits per heavy atom. The third-order valence-corrected chi connectivity index (χ3v) is 4.90. The van der Waals surface area contributed by atoms with E-state index in [9.17, 15) is 0 Å². The molecule has 1 aliphatic heterocycles. The Bertz CT molecular complexity index is 230. The first-order valence-corrected chi connectivity index (χ1v) is 8.03. The molecule has 0 spiro atoms. The van der Waals surface area contributed by atoms with Crippen LogP contribution in [-0.2, 0) is 0 Å². The van der Waals surface area contributed by atoms with E-state index in [1.807, 2.05) is 11.8 Å². The SMILES string of the molecule is CSCCN1CC(C)(C2CC2)NCCC1C. The molecule has 2 aliphatic rings. The van der Waals surface area contributed by atoms with Crippen molar-refractivity contribution in [2.24, 2.45) is 5.92 Å². The zero-order valence-corrected chi connectivity index (χ0v) is 11.8. The maximum Gasteiger partial charge on any atom is 0.0308 e. The van der Waals surface area contributed by atoms with Crippen LogP contribution in [0.5, 0.6) is 0 Å². The molecule has 0 aromatic rings. The van der Waals surface area contributed by atoms with Gasteiger partial charge in [0.15, 0.2) is 0 Å². The number of hydrogen-bond donors (Lipinski definition) is 1. The van der Waals surface area contributed by atoms with Crippen LogP contribution in [0.25, 0.3) is 0 Å². The molecular weight excluding hydrogens is 216 g/mol. The predicted octanol–water partition coefficient (Wildman–Crippen LogP) is 2.20. The van der Waals surface area contributed by atoms with Gasteiger partial charge in [0, 0.05) is 30.4 Å². The van der Waals surface area contributed by atoms with Gasteiger partial charge in [0.2, 0.25) is 0 Å². The highest BCUT2D eigenvalue weighted by atomic mass is 32.2. The molecule has 1 aliphatic carbocycles. The van der Waals surface area contributed by atoms with Crippen molar-refractivity contribution in [2.75, 3.05) is 31.6 Å². The van der Waals surface area contributed by atoms with Crippen LogP contribution in [0.15, 0.2) is 0 Å². The fourth-order valence-corrected chi connectivity index (χ4v) is 3.30. The van der Waals surface area contributed by atoms with E-state index in [-0.39, 0.29) is 0 Å². The normalized spacial score (nSPS) is 37.3. The van der Waals surface area contributed by atoms with Crippen molar-refractivity contribution in [1.82, 2.24) is 10.2 Å². The van der Waals surface area contributed by atoms with Gasteiger partial charge in [0.25, 0.3) is 0 Å². The molecule has 2 rings (SSSR count). The molecule has 2 nitrogen and oxygen atoms in total. The summed E-state index contributed by atoms with van der Waals surface area (Å²) in [6.45, 7) is 8.53. The monoisotopic (exact) mass is 242 g/mol. The quantitative estimate of drug-likeness (QED) is 0.814. The van der Waals surface area contributed by atoms with Crippen LogP contribution in [0.4, 0.5) is 0 Å². The van der Waals surface area contributed by atoms with Crippen molar-refractivity contribution in [3.05, 3.63) is 0 Å². The molecule has 1 saturated carbocycles. The van der Waals surface area contributed by atoms with E-state index < -0.39 is 0 Å². The lowest BCUT2D eigenvalue weighted by Gasteiger charge is -2.35. The van der Waals surface area contributed by atoms with Crippen LogP contribution < -0.4 is 5.32 Å². The number of thioether (sulfide) groups is 1. The molecule has 0 amide bonds. The molecule has 1 N–H and O–H groups in total. The predicted molar refractivity (Wildman–Crippen MR) is 73.2 cm³/mol. The minimum Gasteiger partial charge on any atom is -0.310 e. The van der Waals surface area contributed by atoms with Gasteiger partial charge in [-0.05, 0) is 51.8 Å². The Balaban J connectivity index is 1.97. The second-order valence-electron chi connectivity index (χ2n) is 5.72. The summed E-state index contributed by atoms with van der Waals surface area (Å²) in [6, 6.07) is 0.750. The fraction of sp³-hybridized carbons (Fsp3) is 1.00. The van der Waals surface area contributed by atoms with Gasteiger partial charge in [-0.15, -0.1) is 0 Å². The molecule has 2 atom stereocenters. The summed E-state index contributed by atoms with van der Waals surface area (Å²) in [5.41, 5.74) is 0.392. The average Bonchev–Trinajstić information content (AvgIpc) is 3.06. The second-order valence-corrected chi connectivity index (χ2v) is 6.71. The second kappa shape index (κ2) is 5.28. The molecule has 2 fully saturated rings. The van der Waals surface area contributed by atoms with E-state index in [2.05, 4.69) is 30.3 Å². The molecule has 3 heteroatoms. The lowest BCUT2D eigenvalue weighted by Crippen LogP contribution is -2.52. The van der Waals surface area contributed by atoms with Crippen molar-refractivity contribution in [3.8, 4) is 0 Å². The van der Waals surface area contributed by atoms with E-state index in [1.165, 1.54) is 44.6 Å². The number of nitrogens with zero attached hydrogens (tertiary/aromatic N) is 1. The molecule has 16 heavy (non-hydrogen) atoms. The summed E-state index contributed by atoms with van der Waals surface area (Å²) in [6.07, 6.45) is 6.39. The highest BCUT2D eigenvalue weighted by Gasteiger charge is 2.43. The zero-order valence-electron chi connectivity index (χ0n) is 11.0. The lowest BCUT2D eigenvalue weighted by atomic mass is 9.95. The van der Waals surface area contributed by atoms with Gasteiger partial charge in [-0.3, -0.25) is 4.90 Å². The first-order valence-electron chi connectivity index (χ1n) is 6.64. The van der Waals surface area contributed by atoms with Crippen LogP contribution in [0.2, 0.25) is 0 Å². The third-order valence-electron chi connectivity index (χ3n) is 4.31.